The standard InChI is InChI=1S/C4H11F2O3P/c1-2-3-4-9-10(5,6,7)8/h7-8H,2-4H2,1H3. The Hall–Kier alpha value is 0.170. The summed E-state index contributed by atoms with van der Waals surface area (Å²) >= 11 is 0. The minimum atomic E-state index is -6.65. The molecule has 0 saturated carbocycles. The van der Waals surface area contributed by atoms with Crippen LogP contribution in [0, 0.1) is 0 Å². The maximum absolute atomic E-state index is 11.8. The third kappa shape index (κ3) is 8.17. The second-order valence-electron chi connectivity index (χ2n) is 1.94. The van der Waals surface area contributed by atoms with Crippen molar-refractivity contribution >= 4 is 7.91 Å². The van der Waals surface area contributed by atoms with Gasteiger partial charge in [-0.2, -0.15) is 0 Å². The zero-order valence-corrected chi connectivity index (χ0v) is 6.52. The molecule has 0 spiro atoms. The van der Waals surface area contributed by atoms with Crippen LogP contribution in [0.4, 0.5) is 8.39 Å². The topological polar surface area (TPSA) is 49.7 Å². The Morgan fingerprint density at radius 2 is 1.90 bits per heavy atom. The van der Waals surface area contributed by atoms with Gasteiger partial charge in [-0.25, -0.2) is 0 Å². The summed E-state index contributed by atoms with van der Waals surface area (Å²) in [5.41, 5.74) is 0. The zero-order valence-electron chi connectivity index (χ0n) is 5.63. The van der Waals surface area contributed by atoms with Crippen LogP contribution in [0.2, 0.25) is 0 Å². The third-order valence-corrected chi connectivity index (χ3v) is 1.41. The first-order chi connectivity index (χ1) is 4.31. The van der Waals surface area contributed by atoms with E-state index in [2.05, 4.69) is 4.52 Å². The molecular formula is C4H11F2O3P. The Bertz CT molecular complexity index is 102. The van der Waals surface area contributed by atoms with Gasteiger partial charge in [-0.05, 0) is 0 Å². The second-order valence-corrected chi connectivity index (χ2v) is 3.72. The summed E-state index contributed by atoms with van der Waals surface area (Å²) in [5.74, 6) is 0. The molecule has 0 aliphatic rings. The number of hydrogen-bond acceptors (Lipinski definition) is 3. The van der Waals surface area contributed by atoms with Gasteiger partial charge in [0.1, 0.15) is 0 Å². The molecule has 0 fully saturated rings. The van der Waals surface area contributed by atoms with Crippen LogP contribution in [0.1, 0.15) is 19.8 Å². The predicted molar refractivity (Wildman–Crippen MR) is 34.4 cm³/mol. The molecule has 64 valence electrons. The molecular weight excluding hydrogens is 165 g/mol. The van der Waals surface area contributed by atoms with Crippen molar-refractivity contribution in [2.45, 2.75) is 19.8 Å². The number of hydrogen-bond donors (Lipinski definition) is 2. The van der Waals surface area contributed by atoms with Crippen LogP contribution in [0.25, 0.3) is 0 Å². The van der Waals surface area contributed by atoms with E-state index in [1.54, 1.807) is 6.92 Å². The molecule has 0 rings (SSSR count). The quantitative estimate of drug-likeness (QED) is 0.507. The molecule has 0 amide bonds. The van der Waals surface area contributed by atoms with E-state index in [9.17, 15) is 8.39 Å². The van der Waals surface area contributed by atoms with E-state index in [1.165, 1.54) is 0 Å². The molecule has 2 N–H and O–H groups in total. The van der Waals surface area contributed by atoms with Gasteiger partial charge in [-0.1, -0.05) is 0 Å². The van der Waals surface area contributed by atoms with Crippen molar-refractivity contribution in [1.82, 2.24) is 0 Å². The molecule has 10 heavy (non-hydrogen) atoms. The van der Waals surface area contributed by atoms with Crippen LogP contribution in [-0.2, 0) is 4.52 Å². The Labute approximate surface area is 58.0 Å². The van der Waals surface area contributed by atoms with E-state index < -0.39 is 7.91 Å². The van der Waals surface area contributed by atoms with Crippen molar-refractivity contribution < 1.29 is 22.7 Å². The average molecular weight is 176 g/mol. The average Bonchev–Trinajstić information content (AvgIpc) is 1.61. The van der Waals surface area contributed by atoms with Gasteiger partial charge < -0.3 is 0 Å². The van der Waals surface area contributed by atoms with E-state index in [0.717, 1.165) is 0 Å². The van der Waals surface area contributed by atoms with Crippen LogP contribution < -0.4 is 0 Å². The van der Waals surface area contributed by atoms with Crippen molar-refractivity contribution in [3.63, 3.8) is 0 Å². The first kappa shape index (κ1) is 10.2. The number of unbranched alkanes of at least 4 members (excludes halogenated alkanes) is 1. The molecule has 0 heterocycles. The Morgan fingerprint density at radius 1 is 1.40 bits per heavy atom. The molecule has 0 aromatic carbocycles. The van der Waals surface area contributed by atoms with Crippen molar-refractivity contribution in [1.29, 1.82) is 0 Å². The molecule has 0 aromatic heterocycles. The van der Waals surface area contributed by atoms with Gasteiger partial charge in [0.25, 0.3) is 0 Å². The van der Waals surface area contributed by atoms with Gasteiger partial charge in [0.2, 0.25) is 0 Å². The molecule has 0 saturated heterocycles. The summed E-state index contributed by atoms with van der Waals surface area (Å²) in [6.45, 7) is 1.47. The predicted octanol–water partition coefficient (Wildman–Crippen LogP) is 1.86. The molecule has 0 atom stereocenters. The SMILES string of the molecule is CCCCOP(O)(O)(F)F. The molecule has 0 aliphatic carbocycles. The molecule has 0 radical (unpaired) electrons. The Balaban J connectivity index is 3.49. The van der Waals surface area contributed by atoms with Crippen LogP contribution >= 0.6 is 7.91 Å². The van der Waals surface area contributed by atoms with E-state index in [4.69, 9.17) is 9.79 Å². The van der Waals surface area contributed by atoms with Gasteiger partial charge in [-0.15, -0.1) is 0 Å². The van der Waals surface area contributed by atoms with E-state index in [1.807, 2.05) is 0 Å². The molecule has 3 nitrogen and oxygen atoms in total. The third-order valence-electron chi connectivity index (χ3n) is 0.802. The van der Waals surface area contributed by atoms with Gasteiger partial charge in [0.05, 0.1) is 0 Å². The second kappa shape index (κ2) is 3.05. The van der Waals surface area contributed by atoms with Gasteiger partial charge in [0, 0.05) is 0 Å². The van der Waals surface area contributed by atoms with Gasteiger partial charge in [-0.3, -0.25) is 0 Å². The van der Waals surface area contributed by atoms with Crippen molar-refractivity contribution in [2.24, 2.45) is 0 Å². The Morgan fingerprint density at radius 3 is 2.20 bits per heavy atom. The summed E-state index contributed by atoms with van der Waals surface area (Å²) in [6, 6.07) is 0. The van der Waals surface area contributed by atoms with E-state index in [0.29, 0.717) is 12.8 Å². The molecule has 0 aliphatic heterocycles. The summed E-state index contributed by atoms with van der Waals surface area (Å²) in [5, 5.41) is 0. The fourth-order valence-corrected chi connectivity index (χ4v) is 0.790. The summed E-state index contributed by atoms with van der Waals surface area (Å²) in [4.78, 5) is 15.7. The molecule has 0 aromatic rings. The van der Waals surface area contributed by atoms with Crippen LogP contribution in [0.5, 0.6) is 0 Å². The van der Waals surface area contributed by atoms with Crippen LogP contribution in [0.15, 0.2) is 0 Å². The number of halogens is 2. The fourth-order valence-electron chi connectivity index (χ4n) is 0.360. The van der Waals surface area contributed by atoms with E-state index in [-0.39, 0.29) is 6.61 Å². The van der Waals surface area contributed by atoms with Gasteiger partial charge in [0.15, 0.2) is 0 Å². The summed E-state index contributed by atoms with van der Waals surface area (Å²) < 4.78 is 27.1. The zero-order chi connectivity index (χ0) is 8.28. The summed E-state index contributed by atoms with van der Waals surface area (Å²) in [7, 11) is -6.65. The minimum absolute atomic E-state index is 0.311. The maximum atomic E-state index is 11.8. The summed E-state index contributed by atoms with van der Waals surface area (Å²) in [6.07, 6.45) is 1.07. The van der Waals surface area contributed by atoms with Crippen molar-refractivity contribution in [3.8, 4) is 0 Å². The first-order valence-corrected chi connectivity index (χ1v) is 4.76. The normalized spacial score (nSPS) is 16.3. The van der Waals surface area contributed by atoms with Crippen LogP contribution in [-0.4, -0.2) is 16.4 Å². The molecule has 0 bridgehead atoms. The molecule has 6 heteroatoms. The number of rotatable bonds is 4. The van der Waals surface area contributed by atoms with Crippen molar-refractivity contribution in [3.05, 3.63) is 0 Å². The fraction of sp³-hybridized carbons (Fsp3) is 1.00. The monoisotopic (exact) mass is 176 g/mol. The Kier molecular flexibility index (Phi) is 3.10. The van der Waals surface area contributed by atoms with Gasteiger partial charge >= 0.3 is 57.0 Å². The van der Waals surface area contributed by atoms with Crippen LogP contribution in [0.3, 0.4) is 0 Å². The van der Waals surface area contributed by atoms with Crippen molar-refractivity contribution in [2.75, 3.05) is 6.61 Å². The molecule has 0 unspecified atom stereocenters. The first-order valence-electron chi connectivity index (χ1n) is 2.92. The van der Waals surface area contributed by atoms with E-state index >= 15 is 0 Å².